The summed E-state index contributed by atoms with van der Waals surface area (Å²) in [6, 6.07) is 0.114. The van der Waals surface area contributed by atoms with Crippen molar-refractivity contribution in [3.8, 4) is 0 Å². The molecule has 0 fully saturated rings. The van der Waals surface area contributed by atoms with Crippen molar-refractivity contribution in [1.29, 1.82) is 0 Å². The Morgan fingerprint density at radius 3 is 2.79 bits per heavy atom. The lowest BCUT2D eigenvalue weighted by atomic mass is 10.1. The van der Waals surface area contributed by atoms with Crippen molar-refractivity contribution in [3.63, 3.8) is 0 Å². The number of aryl methyl sites for hydroxylation is 1. The predicted molar refractivity (Wildman–Crippen MR) is 79.3 cm³/mol. The van der Waals surface area contributed by atoms with Crippen molar-refractivity contribution in [3.05, 3.63) is 28.0 Å². The van der Waals surface area contributed by atoms with Gasteiger partial charge in [-0.25, -0.2) is 15.0 Å². The van der Waals surface area contributed by atoms with Crippen molar-refractivity contribution < 1.29 is 0 Å². The quantitative estimate of drug-likeness (QED) is 0.878. The maximum absolute atomic E-state index is 5.92. The van der Waals surface area contributed by atoms with Crippen LogP contribution in [0.4, 0.5) is 11.6 Å². The number of hydrogen-bond donors (Lipinski definition) is 2. The van der Waals surface area contributed by atoms with Crippen molar-refractivity contribution in [2.45, 2.75) is 39.7 Å². The third kappa shape index (κ3) is 3.20. The van der Waals surface area contributed by atoms with Gasteiger partial charge in [0.1, 0.15) is 23.0 Å². The second kappa shape index (κ2) is 5.97. The lowest BCUT2D eigenvalue weighted by Gasteiger charge is -2.15. The Morgan fingerprint density at radius 1 is 1.37 bits per heavy atom. The number of nitrogen functional groups attached to an aromatic ring is 1. The maximum atomic E-state index is 5.92. The smallest absolute Gasteiger partial charge is 0.135 e. The van der Waals surface area contributed by atoms with Gasteiger partial charge in [-0.1, -0.05) is 13.3 Å². The van der Waals surface area contributed by atoms with E-state index >= 15 is 0 Å². The molecule has 0 radical (unpaired) electrons. The Labute approximate surface area is 117 Å². The molecule has 6 heteroatoms. The number of rotatable bonds is 5. The topological polar surface area (TPSA) is 76.7 Å². The third-order valence-corrected chi connectivity index (χ3v) is 3.94. The van der Waals surface area contributed by atoms with Gasteiger partial charge in [-0.2, -0.15) is 0 Å². The Morgan fingerprint density at radius 2 is 2.16 bits per heavy atom. The van der Waals surface area contributed by atoms with E-state index in [1.54, 1.807) is 11.3 Å². The molecule has 0 aromatic carbocycles. The molecule has 0 spiro atoms. The van der Waals surface area contributed by atoms with Crippen LogP contribution in [0.25, 0.3) is 0 Å². The van der Waals surface area contributed by atoms with Crippen LogP contribution < -0.4 is 11.1 Å². The normalized spacial score (nSPS) is 12.4. The molecule has 0 saturated heterocycles. The highest BCUT2D eigenvalue weighted by molar-refractivity contribution is 7.11. The van der Waals surface area contributed by atoms with Crippen LogP contribution in [0.2, 0.25) is 0 Å². The van der Waals surface area contributed by atoms with E-state index in [9.17, 15) is 0 Å². The number of nitrogens with zero attached hydrogens (tertiary/aromatic N) is 3. The van der Waals surface area contributed by atoms with Crippen LogP contribution >= 0.6 is 11.3 Å². The first kappa shape index (κ1) is 13.7. The number of thiazole rings is 1. The third-order valence-electron chi connectivity index (χ3n) is 2.84. The molecule has 1 unspecified atom stereocenters. The van der Waals surface area contributed by atoms with E-state index < -0.39 is 0 Å². The molecule has 2 rings (SSSR count). The summed E-state index contributed by atoms with van der Waals surface area (Å²) in [5.41, 5.74) is 6.91. The SMILES string of the molecule is CCCc1c(N)ncnc1NC(C)c1ncc(C)s1. The standard InChI is InChI=1S/C13H19N5S/c1-4-5-10-11(14)16-7-17-12(10)18-9(3)13-15-6-8(2)19-13/h6-7,9H,4-5H2,1-3H3,(H3,14,16,17,18). The van der Waals surface area contributed by atoms with E-state index in [-0.39, 0.29) is 6.04 Å². The van der Waals surface area contributed by atoms with E-state index in [0.29, 0.717) is 5.82 Å². The van der Waals surface area contributed by atoms with E-state index in [0.717, 1.165) is 29.2 Å². The Bertz CT molecular complexity index is 552. The molecule has 0 aliphatic heterocycles. The molecule has 0 aliphatic carbocycles. The average molecular weight is 277 g/mol. The van der Waals surface area contributed by atoms with Crippen molar-refractivity contribution in [1.82, 2.24) is 15.0 Å². The summed E-state index contributed by atoms with van der Waals surface area (Å²) in [5.74, 6) is 1.37. The van der Waals surface area contributed by atoms with E-state index in [2.05, 4.69) is 41.0 Å². The molecule has 0 bridgehead atoms. The molecule has 19 heavy (non-hydrogen) atoms. The summed E-state index contributed by atoms with van der Waals surface area (Å²) < 4.78 is 0. The van der Waals surface area contributed by atoms with Crippen LogP contribution in [-0.4, -0.2) is 15.0 Å². The van der Waals surface area contributed by atoms with Crippen LogP contribution in [0.1, 0.15) is 41.8 Å². The summed E-state index contributed by atoms with van der Waals surface area (Å²) in [7, 11) is 0. The zero-order valence-electron chi connectivity index (χ0n) is 11.5. The highest BCUT2D eigenvalue weighted by Crippen LogP contribution is 2.26. The van der Waals surface area contributed by atoms with Gasteiger partial charge in [-0.05, 0) is 20.3 Å². The molecular weight excluding hydrogens is 258 g/mol. The molecular formula is C13H19N5S. The van der Waals surface area contributed by atoms with Gasteiger partial charge in [0.15, 0.2) is 0 Å². The predicted octanol–water partition coefficient (Wildman–Crippen LogP) is 2.95. The zero-order valence-corrected chi connectivity index (χ0v) is 12.3. The van der Waals surface area contributed by atoms with Crippen molar-refractivity contribution >= 4 is 23.0 Å². The van der Waals surface area contributed by atoms with Gasteiger partial charge in [0.25, 0.3) is 0 Å². The van der Waals surface area contributed by atoms with E-state index in [4.69, 9.17) is 5.73 Å². The number of anilines is 2. The summed E-state index contributed by atoms with van der Waals surface area (Å²) in [5, 5.41) is 4.44. The zero-order chi connectivity index (χ0) is 13.8. The van der Waals surface area contributed by atoms with E-state index in [1.807, 2.05) is 6.20 Å². The minimum Gasteiger partial charge on any atom is -0.383 e. The second-order valence-corrected chi connectivity index (χ2v) is 5.78. The first-order valence-corrected chi connectivity index (χ1v) is 7.21. The maximum Gasteiger partial charge on any atom is 0.135 e. The molecule has 0 saturated carbocycles. The van der Waals surface area contributed by atoms with Gasteiger partial charge in [0.05, 0.1) is 6.04 Å². The molecule has 0 amide bonds. The summed E-state index contributed by atoms with van der Waals surface area (Å²) >= 11 is 1.69. The summed E-state index contributed by atoms with van der Waals surface area (Å²) in [4.78, 5) is 14.0. The highest BCUT2D eigenvalue weighted by atomic mass is 32.1. The minimum atomic E-state index is 0.114. The van der Waals surface area contributed by atoms with Gasteiger partial charge in [0, 0.05) is 16.6 Å². The Hall–Kier alpha value is -1.69. The monoisotopic (exact) mass is 277 g/mol. The number of hydrogen-bond acceptors (Lipinski definition) is 6. The van der Waals surface area contributed by atoms with Crippen molar-refractivity contribution in [2.24, 2.45) is 0 Å². The van der Waals surface area contributed by atoms with Crippen LogP contribution in [0.5, 0.6) is 0 Å². The fourth-order valence-electron chi connectivity index (χ4n) is 1.89. The fraction of sp³-hybridized carbons (Fsp3) is 0.462. The molecule has 5 nitrogen and oxygen atoms in total. The lowest BCUT2D eigenvalue weighted by Crippen LogP contribution is -2.12. The van der Waals surface area contributed by atoms with Crippen LogP contribution in [0, 0.1) is 6.92 Å². The number of nitrogens with two attached hydrogens (primary N) is 1. The van der Waals surface area contributed by atoms with Gasteiger partial charge in [-0.3, -0.25) is 0 Å². The first-order chi connectivity index (χ1) is 9.11. The average Bonchev–Trinajstić information content (AvgIpc) is 2.80. The molecule has 2 aromatic heterocycles. The van der Waals surface area contributed by atoms with Gasteiger partial charge < -0.3 is 11.1 Å². The van der Waals surface area contributed by atoms with Gasteiger partial charge in [-0.15, -0.1) is 11.3 Å². The lowest BCUT2D eigenvalue weighted by molar-refractivity contribution is 0.840. The fourth-order valence-corrected chi connectivity index (χ4v) is 2.66. The largest absolute Gasteiger partial charge is 0.383 e. The highest BCUT2D eigenvalue weighted by Gasteiger charge is 2.14. The summed E-state index contributed by atoms with van der Waals surface area (Å²) in [6.07, 6.45) is 5.27. The number of aromatic nitrogens is 3. The van der Waals surface area contributed by atoms with Crippen molar-refractivity contribution in [2.75, 3.05) is 11.1 Å². The Kier molecular flexibility index (Phi) is 4.31. The van der Waals surface area contributed by atoms with Gasteiger partial charge in [0.2, 0.25) is 0 Å². The molecule has 2 heterocycles. The van der Waals surface area contributed by atoms with Crippen LogP contribution in [0.15, 0.2) is 12.5 Å². The van der Waals surface area contributed by atoms with Crippen LogP contribution in [-0.2, 0) is 6.42 Å². The molecule has 2 aromatic rings. The molecule has 3 N–H and O–H groups in total. The summed E-state index contributed by atoms with van der Waals surface area (Å²) in [6.45, 7) is 6.25. The molecule has 1 atom stereocenters. The second-order valence-electron chi connectivity index (χ2n) is 4.51. The van der Waals surface area contributed by atoms with Crippen LogP contribution in [0.3, 0.4) is 0 Å². The Balaban J connectivity index is 2.21. The van der Waals surface area contributed by atoms with Gasteiger partial charge >= 0.3 is 0 Å². The molecule has 0 aliphatic rings. The minimum absolute atomic E-state index is 0.114. The first-order valence-electron chi connectivity index (χ1n) is 6.40. The molecule has 102 valence electrons. The number of nitrogens with one attached hydrogen (secondary N) is 1. The van der Waals surface area contributed by atoms with E-state index in [1.165, 1.54) is 11.2 Å².